The number of aromatic nitrogens is 2. The van der Waals surface area contributed by atoms with Crippen LogP contribution in [-0.4, -0.2) is 17.3 Å². The minimum atomic E-state index is 0.591. The van der Waals surface area contributed by atoms with E-state index in [-0.39, 0.29) is 0 Å². The molecule has 0 atom stereocenters. The van der Waals surface area contributed by atoms with Gasteiger partial charge in [0.05, 0.1) is 19.0 Å². The summed E-state index contributed by atoms with van der Waals surface area (Å²) in [5.74, 6) is 1.44. The van der Waals surface area contributed by atoms with Gasteiger partial charge < -0.3 is 15.8 Å². The lowest BCUT2D eigenvalue weighted by Crippen LogP contribution is -2.05. The molecule has 0 unspecified atom stereocenters. The maximum atomic E-state index is 5.75. The Morgan fingerprint density at radius 3 is 2.65 bits per heavy atom. The first kappa shape index (κ1) is 11.2. The Labute approximate surface area is 99.6 Å². The fourth-order valence-electron chi connectivity index (χ4n) is 1.41. The van der Waals surface area contributed by atoms with Gasteiger partial charge in [-0.2, -0.15) is 5.10 Å². The summed E-state index contributed by atoms with van der Waals surface area (Å²) < 4.78 is 5.09. The number of hydrogen-bond acceptors (Lipinski definition) is 5. The van der Waals surface area contributed by atoms with E-state index in [1.165, 1.54) is 0 Å². The van der Waals surface area contributed by atoms with E-state index in [0.717, 1.165) is 11.3 Å². The van der Waals surface area contributed by atoms with Crippen LogP contribution in [0.25, 0.3) is 0 Å². The van der Waals surface area contributed by atoms with Gasteiger partial charge in [0.15, 0.2) is 5.82 Å². The van der Waals surface area contributed by atoms with Gasteiger partial charge in [-0.25, -0.2) is 0 Å². The number of nitrogens with zero attached hydrogens (tertiary/aromatic N) is 2. The molecule has 1 aromatic carbocycles. The molecular formula is C12H14N4O. The molecule has 0 saturated heterocycles. The number of nitrogens with one attached hydrogen (secondary N) is 1. The number of ether oxygens (including phenoxy) is 1. The van der Waals surface area contributed by atoms with E-state index >= 15 is 0 Å². The van der Waals surface area contributed by atoms with Gasteiger partial charge in [-0.3, -0.25) is 0 Å². The predicted molar refractivity (Wildman–Crippen MR) is 66.8 cm³/mol. The van der Waals surface area contributed by atoms with Crippen LogP contribution in [0.1, 0.15) is 5.56 Å². The van der Waals surface area contributed by atoms with E-state index in [2.05, 4.69) is 15.5 Å². The Balaban J connectivity index is 2.00. The van der Waals surface area contributed by atoms with Gasteiger partial charge in [-0.05, 0) is 23.8 Å². The van der Waals surface area contributed by atoms with Crippen LogP contribution in [-0.2, 0) is 6.54 Å². The highest BCUT2D eigenvalue weighted by Gasteiger charge is 2.00. The smallest absolute Gasteiger partial charge is 0.172 e. The van der Waals surface area contributed by atoms with E-state index in [4.69, 9.17) is 10.5 Å². The van der Waals surface area contributed by atoms with Crippen molar-refractivity contribution in [1.82, 2.24) is 10.2 Å². The molecule has 0 aliphatic rings. The zero-order chi connectivity index (χ0) is 12.1. The number of rotatable bonds is 4. The van der Waals surface area contributed by atoms with Gasteiger partial charge in [0.25, 0.3) is 0 Å². The van der Waals surface area contributed by atoms with Crippen molar-refractivity contribution in [3.05, 3.63) is 42.1 Å². The largest absolute Gasteiger partial charge is 0.497 e. The monoisotopic (exact) mass is 230 g/mol. The maximum absolute atomic E-state index is 5.75. The van der Waals surface area contributed by atoms with Crippen LogP contribution < -0.4 is 15.8 Å². The van der Waals surface area contributed by atoms with E-state index in [9.17, 15) is 0 Å². The van der Waals surface area contributed by atoms with E-state index in [1.807, 2.05) is 24.3 Å². The van der Waals surface area contributed by atoms with Crippen LogP contribution in [0.15, 0.2) is 36.5 Å². The summed E-state index contributed by atoms with van der Waals surface area (Å²) >= 11 is 0. The molecule has 0 saturated carbocycles. The summed E-state index contributed by atoms with van der Waals surface area (Å²) in [5.41, 5.74) is 7.46. The fraction of sp³-hybridized carbons (Fsp3) is 0.167. The Morgan fingerprint density at radius 2 is 2.00 bits per heavy atom. The normalized spacial score (nSPS) is 9.94. The standard InChI is InChI=1S/C12H14N4O/c1-17-10-4-2-9(3-5-10)8-14-12-11(13)6-7-15-16-12/h2-7H,8H2,1H3,(H2,13,15)(H,14,16). The van der Waals surface area contributed by atoms with Crippen molar-refractivity contribution in [3.63, 3.8) is 0 Å². The second-order valence-corrected chi connectivity index (χ2v) is 3.54. The topological polar surface area (TPSA) is 73.1 Å². The summed E-state index contributed by atoms with van der Waals surface area (Å²) in [6.45, 7) is 0.646. The first-order valence-corrected chi connectivity index (χ1v) is 5.23. The van der Waals surface area contributed by atoms with Crippen LogP contribution in [0.3, 0.4) is 0 Å². The van der Waals surface area contributed by atoms with Crippen molar-refractivity contribution in [2.45, 2.75) is 6.54 Å². The van der Waals surface area contributed by atoms with Crippen LogP contribution in [0, 0.1) is 0 Å². The molecule has 5 heteroatoms. The lowest BCUT2D eigenvalue weighted by atomic mass is 10.2. The number of nitrogens with two attached hydrogens (primary N) is 1. The van der Waals surface area contributed by atoms with E-state index in [1.54, 1.807) is 19.4 Å². The van der Waals surface area contributed by atoms with Crippen LogP contribution in [0.4, 0.5) is 11.5 Å². The highest BCUT2D eigenvalue weighted by molar-refractivity contribution is 5.59. The number of methoxy groups -OCH3 is 1. The molecule has 0 spiro atoms. The predicted octanol–water partition coefficient (Wildman–Crippen LogP) is 1.68. The molecule has 1 heterocycles. The van der Waals surface area contributed by atoms with Crippen molar-refractivity contribution in [3.8, 4) is 5.75 Å². The van der Waals surface area contributed by atoms with E-state index in [0.29, 0.717) is 18.1 Å². The number of anilines is 2. The molecule has 3 N–H and O–H groups in total. The average molecular weight is 230 g/mol. The Morgan fingerprint density at radius 1 is 1.24 bits per heavy atom. The van der Waals surface area contributed by atoms with Crippen LogP contribution in [0.5, 0.6) is 5.75 Å². The summed E-state index contributed by atoms with van der Waals surface area (Å²) in [4.78, 5) is 0. The second-order valence-electron chi connectivity index (χ2n) is 3.54. The van der Waals surface area contributed by atoms with Gasteiger partial charge in [0.1, 0.15) is 5.75 Å². The average Bonchev–Trinajstić information content (AvgIpc) is 2.38. The molecule has 0 amide bonds. The fourth-order valence-corrected chi connectivity index (χ4v) is 1.41. The van der Waals surface area contributed by atoms with E-state index < -0.39 is 0 Å². The molecule has 17 heavy (non-hydrogen) atoms. The molecule has 0 radical (unpaired) electrons. The van der Waals surface area contributed by atoms with Gasteiger partial charge in [0.2, 0.25) is 0 Å². The van der Waals surface area contributed by atoms with Crippen molar-refractivity contribution in [1.29, 1.82) is 0 Å². The Kier molecular flexibility index (Phi) is 3.40. The van der Waals surface area contributed by atoms with Crippen LogP contribution >= 0.6 is 0 Å². The highest BCUT2D eigenvalue weighted by atomic mass is 16.5. The molecule has 88 valence electrons. The lowest BCUT2D eigenvalue weighted by molar-refractivity contribution is 0.414. The number of hydrogen-bond donors (Lipinski definition) is 2. The zero-order valence-corrected chi connectivity index (χ0v) is 9.55. The molecule has 0 aliphatic heterocycles. The third kappa shape index (κ3) is 2.84. The number of nitrogen functional groups attached to an aromatic ring is 1. The molecule has 2 rings (SSSR count). The first-order chi connectivity index (χ1) is 8.29. The molecule has 0 aliphatic carbocycles. The third-order valence-corrected chi connectivity index (χ3v) is 2.37. The molecule has 2 aromatic rings. The van der Waals surface area contributed by atoms with Crippen LogP contribution in [0.2, 0.25) is 0 Å². The van der Waals surface area contributed by atoms with Crippen molar-refractivity contribution in [2.75, 3.05) is 18.2 Å². The summed E-state index contributed by atoms with van der Waals surface area (Å²) in [6, 6.07) is 9.51. The molecule has 1 aromatic heterocycles. The highest BCUT2D eigenvalue weighted by Crippen LogP contribution is 2.15. The second kappa shape index (κ2) is 5.16. The lowest BCUT2D eigenvalue weighted by Gasteiger charge is -2.07. The summed E-state index contributed by atoms with van der Waals surface area (Å²) in [6.07, 6.45) is 1.56. The molecule has 0 bridgehead atoms. The zero-order valence-electron chi connectivity index (χ0n) is 9.55. The molecular weight excluding hydrogens is 216 g/mol. The minimum absolute atomic E-state index is 0.591. The minimum Gasteiger partial charge on any atom is -0.497 e. The summed E-state index contributed by atoms with van der Waals surface area (Å²) in [5, 5.41) is 10.8. The first-order valence-electron chi connectivity index (χ1n) is 5.23. The molecule has 0 fully saturated rings. The Bertz CT molecular complexity index is 484. The van der Waals surface area contributed by atoms with Gasteiger partial charge in [-0.1, -0.05) is 12.1 Å². The third-order valence-electron chi connectivity index (χ3n) is 2.37. The van der Waals surface area contributed by atoms with Crippen molar-refractivity contribution in [2.24, 2.45) is 0 Å². The Hall–Kier alpha value is -2.30. The van der Waals surface area contributed by atoms with Crippen molar-refractivity contribution >= 4 is 11.5 Å². The number of benzene rings is 1. The maximum Gasteiger partial charge on any atom is 0.172 e. The summed E-state index contributed by atoms with van der Waals surface area (Å²) in [7, 11) is 1.65. The van der Waals surface area contributed by atoms with Gasteiger partial charge in [0, 0.05) is 6.54 Å². The van der Waals surface area contributed by atoms with Gasteiger partial charge in [-0.15, -0.1) is 5.10 Å². The van der Waals surface area contributed by atoms with Crippen molar-refractivity contribution < 1.29 is 4.74 Å². The quantitative estimate of drug-likeness (QED) is 0.836. The SMILES string of the molecule is COc1ccc(CNc2nnccc2N)cc1. The molecule has 5 nitrogen and oxygen atoms in total. The van der Waals surface area contributed by atoms with Gasteiger partial charge >= 0.3 is 0 Å².